The second-order valence-corrected chi connectivity index (χ2v) is 3.84. The molecule has 1 aliphatic heterocycles. The van der Waals surface area contributed by atoms with Crippen molar-refractivity contribution < 1.29 is 9.90 Å². The lowest BCUT2D eigenvalue weighted by Crippen LogP contribution is -2.43. The number of hydrogen-bond donors (Lipinski definition) is 1. The maximum Gasteiger partial charge on any atom is 0.324 e. The molecule has 1 fully saturated rings. The van der Waals surface area contributed by atoms with Gasteiger partial charge in [-0.1, -0.05) is 6.92 Å². The van der Waals surface area contributed by atoms with E-state index in [0.29, 0.717) is 12.8 Å². The summed E-state index contributed by atoms with van der Waals surface area (Å²) in [6.07, 6.45) is 1.99. The van der Waals surface area contributed by atoms with Gasteiger partial charge in [0.1, 0.15) is 0 Å². The summed E-state index contributed by atoms with van der Waals surface area (Å²) < 4.78 is 0. The van der Waals surface area contributed by atoms with Crippen LogP contribution in [0.4, 0.5) is 0 Å². The molecule has 1 heterocycles. The highest BCUT2D eigenvalue weighted by molar-refractivity contribution is 5.78. The summed E-state index contributed by atoms with van der Waals surface area (Å²) in [4.78, 5) is 13.2. The third kappa shape index (κ3) is 2.05. The van der Waals surface area contributed by atoms with Crippen LogP contribution in [0.25, 0.3) is 0 Å². The summed E-state index contributed by atoms with van der Waals surface area (Å²) in [5, 5.41) is 17.8. The van der Waals surface area contributed by atoms with Crippen molar-refractivity contribution in [2.24, 2.45) is 5.41 Å². The molecule has 4 nitrogen and oxygen atoms in total. The van der Waals surface area contributed by atoms with E-state index in [0.717, 1.165) is 26.1 Å². The van der Waals surface area contributed by atoms with Crippen LogP contribution in [0.5, 0.6) is 0 Å². The van der Waals surface area contributed by atoms with Gasteiger partial charge >= 0.3 is 5.97 Å². The van der Waals surface area contributed by atoms with E-state index in [1.807, 2.05) is 6.07 Å². The van der Waals surface area contributed by atoms with E-state index in [-0.39, 0.29) is 0 Å². The molecule has 0 atom stereocenters. The molecule has 0 bridgehead atoms. The first-order chi connectivity index (χ1) is 6.64. The van der Waals surface area contributed by atoms with Crippen molar-refractivity contribution in [3.8, 4) is 6.07 Å². The van der Waals surface area contributed by atoms with E-state index in [1.165, 1.54) is 0 Å². The van der Waals surface area contributed by atoms with Gasteiger partial charge in [-0.3, -0.25) is 4.79 Å². The van der Waals surface area contributed by atoms with E-state index in [9.17, 15) is 4.79 Å². The number of carboxylic acids is 1. The van der Waals surface area contributed by atoms with E-state index in [2.05, 4.69) is 11.8 Å². The summed E-state index contributed by atoms with van der Waals surface area (Å²) in [6, 6.07) is 1.95. The molecule has 0 radical (unpaired) electrons. The highest BCUT2D eigenvalue weighted by Gasteiger charge is 2.41. The quantitative estimate of drug-likeness (QED) is 0.733. The minimum Gasteiger partial charge on any atom is -0.480 e. The molecule has 1 rings (SSSR count). The van der Waals surface area contributed by atoms with Crippen molar-refractivity contribution in [3.63, 3.8) is 0 Å². The minimum absolute atomic E-state index is 0.457. The van der Waals surface area contributed by atoms with Crippen LogP contribution in [-0.2, 0) is 4.79 Å². The van der Waals surface area contributed by atoms with Crippen LogP contribution in [0.3, 0.4) is 0 Å². The zero-order chi connectivity index (χ0) is 10.6. The van der Waals surface area contributed by atoms with Crippen LogP contribution in [0.1, 0.15) is 26.2 Å². The topological polar surface area (TPSA) is 64.3 Å². The Bertz CT molecular complexity index is 249. The molecule has 0 aliphatic carbocycles. The molecule has 0 spiro atoms. The summed E-state index contributed by atoms with van der Waals surface area (Å²) in [5.41, 5.74) is -1.12. The fourth-order valence-corrected chi connectivity index (χ4v) is 1.85. The number of hydrogen-bond acceptors (Lipinski definition) is 3. The largest absolute Gasteiger partial charge is 0.480 e. The Balaban J connectivity index is 2.56. The van der Waals surface area contributed by atoms with Crippen molar-refractivity contribution in [1.29, 1.82) is 5.26 Å². The predicted molar refractivity (Wildman–Crippen MR) is 51.6 cm³/mol. The van der Waals surface area contributed by atoms with Gasteiger partial charge in [0.25, 0.3) is 0 Å². The molecule has 14 heavy (non-hydrogen) atoms. The van der Waals surface area contributed by atoms with Crippen molar-refractivity contribution in [2.45, 2.75) is 26.2 Å². The average molecular weight is 196 g/mol. The lowest BCUT2D eigenvalue weighted by Gasteiger charge is -2.34. The molecule has 0 aromatic rings. The van der Waals surface area contributed by atoms with Gasteiger partial charge in [0.05, 0.1) is 6.07 Å². The molecule has 4 heteroatoms. The SMILES string of the molecule is CCCN1CCC(C#N)(C(=O)O)CC1. The van der Waals surface area contributed by atoms with E-state index >= 15 is 0 Å². The molecular formula is C10H16N2O2. The summed E-state index contributed by atoms with van der Waals surface area (Å²) in [6.45, 7) is 4.56. The zero-order valence-electron chi connectivity index (χ0n) is 8.49. The monoisotopic (exact) mass is 196 g/mol. The van der Waals surface area contributed by atoms with Crippen molar-refractivity contribution in [1.82, 2.24) is 4.90 Å². The first-order valence-electron chi connectivity index (χ1n) is 5.01. The number of nitrogens with zero attached hydrogens (tertiary/aromatic N) is 2. The van der Waals surface area contributed by atoms with Gasteiger partial charge in [0, 0.05) is 13.1 Å². The molecule has 0 saturated carbocycles. The third-order valence-electron chi connectivity index (χ3n) is 2.87. The number of piperidine rings is 1. The van der Waals surface area contributed by atoms with Gasteiger partial charge in [-0.15, -0.1) is 0 Å². The first kappa shape index (κ1) is 11.0. The lowest BCUT2D eigenvalue weighted by atomic mass is 9.80. The average Bonchev–Trinajstić information content (AvgIpc) is 2.19. The van der Waals surface area contributed by atoms with Gasteiger partial charge in [-0.2, -0.15) is 5.26 Å². The van der Waals surface area contributed by atoms with Crippen LogP contribution in [0.2, 0.25) is 0 Å². The van der Waals surface area contributed by atoms with Gasteiger partial charge in [-0.25, -0.2) is 0 Å². The van der Waals surface area contributed by atoms with Gasteiger partial charge in [0.2, 0.25) is 0 Å². The van der Waals surface area contributed by atoms with Crippen LogP contribution in [0.15, 0.2) is 0 Å². The van der Waals surface area contributed by atoms with Crippen LogP contribution < -0.4 is 0 Å². The van der Waals surface area contributed by atoms with Crippen LogP contribution in [0, 0.1) is 16.7 Å². The number of aliphatic carboxylic acids is 1. The molecular weight excluding hydrogens is 180 g/mol. The molecule has 1 N–H and O–H groups in total. The van der Waals surface area contributed by atoms with Gasteiger partial charge < -0.3 is 10.0 Å². The highest BCUT2D eigenvalue weighted by atomic mass is 16.4. The molecule has 1 aliphatic rings. The standard InChI is InChI=1S/C10H16N2O2/c1-2-5-12-6-3-10(8-11,4-7-12)9(13)14/h2-7H2,1H3,(H,13,14). The first-order valence-corrected chi connectivity index (χ1v) is 5.01. The minimum atomic E-state index is -1.12. The van der Waals surface area contributed by atoms with E-state index in [4.69, 9.17) is 10.4 Å². The molecule has 0 aromatic heterocycles. The maximum atomic E-state index is 10.9. The molecule has 1 saturated heterocycles. The smallest absolute Gasteiger partial charge is 0.324 e. The number of carboxylic acid groups (broad SMARTS) is 1. The van der Waals surface area contributed by atoms with Crippen LogP contribution >= 0.6 is 0 Å². The van der Waals surface area contributed by atoms with E-state index < -0.39 is 11.4 Å². The Morgan fingerprint density at radius 3 is 2.50 bits per heavy atom. The molecule has 78 valence electrons. The maximum absolute atomic E-state index is 10.9. The third-order valence-corrected chi connectivity index (χ3v) is 2.87. The summed E-state index contributed by atoms with van der Waals surface area (Å²) in [7, 11) is 0. The van der Waals surface area contributed by atoms with Crippen LogP contribution in [-0.4, -0.2) is 35.6 Å². The van der Waals surface area contributed by atoms with Gasteiger partial charge in [-0.05, 0) is 25.8 Å². The van der Waals surface area contributed by atoms with Gasteiger partial charge in [0.15, 0.2) is 5.41 Å². The van der Waals surface area contributed by atoms with Crippen molar-refractivity contribution >= 4 is 5.97 Å². The van der Waals surface area contributed by atoms with Crippen molar-refractivity contribution in [3.05, 3.63) is 0 Å². The highest BCUT2D eigenvalue weighted by Crippen LogP contribution is 2.30. The number of rotatable bonds is 3. The zero-order valence-corrected chi connectivity index (χ0v) is 8.49. The predicted octanol–water partition coefficient (Wildman–Crippen LogP) is 1.09. The fraction of sp³-hybridized carbons (Fsp3) is 0.800. The lowest BCUT2D eigenvalue weighted by molar-refractivity contribution is -0.147. The second kappa shape index (κ2) is 4.43. The Kier molecular flexibility index (Phi) is 3.48. The summed E-state index contributed by atoms with van der Waals surface area (Å²) >= 11 is 0. The Morgan fingerprint density at radius 1 is 1.57 bits per heavy atom. The Hall–Kier alpha value is -1.08. The fourth-order valence-electron chi connectivity index (χ4n) is 1.85. The molecule has 0 aromatic carbocycles. The Morgan fingerprint density at radius 2 is 2.14 bits per heavy atom. The number of nitriles is 1. The molecule has 0 amide bonds. The molecule has 0 unspecified atom stereocenters. The Labute approximate surface area is 84.1 Å². The number of likely N-dealkylation sites (tertiary alicyclic amines) is 1. The second-order valence-electron chi connectivity index (χ2n) is 3.84. The normalized spacial score (nSPS) is 21.4. The number of carbonyl (C=O) groups is 1. The van der Waals surface area contributed by atoms with Crippen molar-refractivity contribution in [2.75, 3.05) is 19.6 Å². The summed E-state index contributed by atoms with van der Waals surface area (Å²) in [5.74, 6) is -0.962. The van der Waals surface area contributed by atoms with E-state index in [1.54, 1.807) is 0 Å².